The lowest BCUT2D eigenvalue weighted by molar-refractivity contribution is -0.140. The summed E-state index contributed by atoms with van der Waals surface area (Å²) < 4.78 is 42.0. The summed E-state index contributed by atoms with van der Waals surface area (Å²) in [5, 5.41) is 11.2. The van der Waals surface area contributed by atoms with Crippen LogP contribution in [0, 0.1) is 0 Å². The third-order valence-electron chi connectivity index (χ3n) is 5.79. The highest BCUT2D eigenvalue weighted by molar-refractivity contribution is 7.89. The monoisotopic (exact) mass is 518 g/mol. The van der Waals surface area contributed by atoms with E-state index in [0.29, 0.717) is 23.7 Å². The maximum absolute atomic E-state index is 13.1. The van der Waals surface area contributed by atoms with Crippen molar-refractivity contribution in [2.24, 2.45) is 0 Å². The van der Waals surface area contributed by atoms with E-state index in [1.54, 1.807) is 18.2 Å². The molecule has 0 spiro atoms. The molecule has 0 aromatic heterocycles. The van der Waals surface area contributed by atoms with Crippen LogP contribution in [0.5, 0.6) is 11.5 Å². The van der Waals surface area contributed by atoms with Crippen LogP contribution in [0.4, 0.5) is 0 Å². The third kappa shape index (κ3) is 5.08. The number of ether oxygens (including phenoxy) is 3. The van der Waals surface area contributed by atoms with E-state index in [4.69, 9.17) is 14.2 Å². The molecule has 1 aliphatic heterocycles. The van der Waals surface area contributed by atoms with Crippen LogP contribution in [0.25, 0.3) is 5.76 Å². The van der Waals surface area contributed by atoms with Gasteiger partial charge in [-0.1, -0.05) is 6.07 Å². The lowest BCUT2D eigenvalue weighted by Crippen LogP contribution is -2.32. The molecule has 0 radical (unpaired) electrons. The highest BCUT2D eigenvalue weighted by Crippen LogP contribution is 2.42. The zero-order valence-electron chi connectivity index (χ0n) is 20.8. The molecule has 0 bridgehead atoms. The standard InChI is InChI=1S/C25H30N2O8S/c1-6-35-19-12-9-17(15-20(19)34-5)22-21(24(29)25(30)27(22)13-14-33-4)23(28)16-7-10-18(11-8-16)36(31,32)26(2)3/h7-12,15,22,28H,6,13-14H2,1-5H3/t22-/m1/s1. The van der Waals surface area contributed by atoms with Crippen molar-refractivity contribution in [1.29, 1.82) is 0 Å². The molecular weight excluding hydrogens is 488 g/mol. The number of hydrogen-bond donors (Lipinski definition) is 1. The van der Waals surface area contributed by atoms with E-state index < -0.39 is 33.5 Å². The molecular formula is C25H30N2O8S. The number of ketones is 1. The van der Waals surface area contributed by atoms with Gasteiger partial charge < -0.3 is 24.2 Å². The average molecular weight is 519 g/mol. The molecule has 1 atom stereocenters. The van der Waals surface area contributed by atoms with Crippen molar-refractivity contribution >= 4 is 27.5 Å². The van der Waals surface area contributed by atoms with E-state index in [1.165, 1.54) is 57.5 Å². The fraction of sp³-hybridized carbons (Fsp3) is 0.360. The smallest absolute Gasteiger partial charge is 0.295 e. The first-order valence-corrected chi connectivity index (χ1v) is 12.6. The molecule has 2 aromatic rings. The maximum atomic E-state index is 13.1. The predicted molar refractivity (Wildman–Crippen MR) is 132 cm³/mol. The Morgan fingerprint density at radius 1 is 1.06 bits per heavy atom. The Hall–Kier alpha value is -3.41. The van der Waals surface area contributed by atoms with Gasteiger partial charge in [0.05, 0.1) is 36.8 Å². The Kier molecular flexibility index (Phi) is 8.39. The van der Waals surface area contributed by atoms with Crippen LogP contribution >= 0.6 is 0 Å². The van der Waals surface area contributed by atoms with Gasteiger partial charge in [0.1, 0.15) is 5.76 Å². The number of aliphatic hydroxyl groups excluding tert-OH is 1. The molecule has 1 saturated heterocycles. The number of aliphatic hydroxyl groups is 1. The summed E-state index contributed by atoms with van der Waals surface area (Å²) in [6, 6.07) is 9.56. The van der Waals surface area contributed by atoms with Crippen molar-refractivity contribution in [1.82, 2.24) is 9.21 Å². The van der Waals surface area contributed by atoms with E-state index in [0.717, 1.165) is 4.31 Å². The summed E-state index contributed by atoms with van der Waals surface area (Å²) in [7, 11) is 2.10. The number of amides is 1. The molecule has 2 aromatic carbocycles. The molecule has 36 heavy (non-hydrogen) atoms. The molecule has 1 aliphatic rings. The largest absolute Gasteiger partial charge is 0.507 e. The van der Waals surface area contributed by atoms with E-state index >= 15 is 0 Å². The number of Topliss-reactive ketones (excluding diaryl/α,β-unsaturated/α-hetero) is 1. The quantitative estimate of drug-likeness (QED) is 0.289. The van der Waals surface area contributed by atoms with Gasteiger partial charge in [0.15, 0.2) is 11.5 Å². The zero-order valence-corrected chi connectivity index (χ0v) is 21.7. The first kappa shape index (κ1) is 27.2. The van der Waals surface area contributed by atoms with Gasteiger partial charge in [0.25, 0.3) is 11.7 Å². The van der Waals surface area contributed by atoms with Crippen LogP contribution < -0.4 is 9.47 Å². The van der Waals surface area contributed by atoms with Crippen molar-refractivity contribution in [2.45, 2.75) is 17.9 Å². The SMILES string of the molecule is CCOc1ccc([C@@H]2C(=C(O)c3ccc(S(=O)(=O)N(C)C)cc3)C(=O)C(=O)N2CCOC)cc1OC. The van der Waals surface area contributed by atoms with Crippen molar-refractivity contribution < 1.29 is 37.3 Å². The highest BCUT2D eigenvalue weighted by atomic mass is 32.2. The first-order chi connectivity index (χ1) is 17.1. The van der Waals surface area contributed by atoms with Gasteiger partial charge in [0, 0.05) is 33.3 Å². The minimum absolute atomic E-state index is 0.0254. The number of carbonyl (C=O) groups excluding carboxylic acids is 2. The second kappa shape index (κ2) is 11.1. The van der Waals surface area contributed by atoms with E-state index in [2.05, 4.69) is 0 Å². The second-order valence-corrected chi connectivity index (χ2v) is 10.3. The van der Waals surface area contributed by atoms with Gasteiger partial charge in [0.2, 0.25) is 10.0 Å². The number of likely N-dealkylation sites (tertiary alicyclic amines) is 1. The molecule has 0 aliphatic carbocycles. The molecule has 0 unspecified atom stereocenters. The molecule has 1 fully saturated rings. The summed E-state index contributed by atoms with van der Waals surface area (Å²) >= 11 is 0. The Bertz CT molecular complexity index is 1270. The van der Waals surface area contributed by atoms with Crippen LogP contribution in [-0.4, -0.2) is 82.5 Å². The minimum Gasteiger partial charge on any atom is -0.507 e. The van der Waals surface area contributed by atoms with Gasteiger partial charge in [-0.05, 0) is 48.9 Å². The Morgan fingerprint density at radius 3 is 2.28 bits per heavy atom. The first-order valence-electron chi connectivity index (χ1n) is 11.2. The lowest BCUT2D eigenvalue weighted by Gasteiger charge is -2.25. The molecule has 10 nitrogen and oxygen atoms in total. The predicted octanol–water partition coefficient (Wildman–Crippen LogP) is 2.41. The van der Waals surface area contributed by atoms with Gasteiger partial charge in [-0.15, -0.1) is 0 Å². The van der Waals surface area contributed by atoms with Crippen molar-refractivity contribution in [3.8, 4) is 11.5 Å². The highest BCUT2D eigenvalue weighted by Gasteiger charge is 2.46. The number of hydrogen-bond acceptors (Lipinski definition) is 8. The number of rotatable bonds is 10. The average Bonchev–Trinajstić information content (AvgIpc) is 3.12. The van der Waals surface area contributed by atoms with Crippen molar-refractivity contribution in [3.05, 3.63) is 59.2 Å². The van der Waals surface area contributed by atoms with Crippen LogP contribution in [0.2, 0.25) is 0 Å². The van der Waals surface area contributed by atoms with E-state index in [1.807, 2.05) is 6.92 Å². The van der Waals surface area contributed by atoms with Gasteiger partial charge in [-0.25, -0.2) is 12.7 Å². The summed E-state index contributed by atoms with van der Waals surface area (Å²) in [5.41, 5.74) is 0.602. The molecule has 0 saturated carbocycles. The van der Waals surface area contributed by atoms with Gasteiger partial charge in [-0.3, -0.25) is 9.59 Å². The van der Waals surface area contributed by atoms with E-state index in [-0.39, 0.29) is 29.2 Å². The fourth-order valence-corrected chi connectivity index (χ4v) is 4.83. The second-order valence-electron chi connectivity index (χ2n) is 8.14. The van der Waals surface area contributed by atoms with Crippen molar-refractivity contribution in [3.63, 3.8) is 0 Å². The molecule has 1 amide bonds. The Balaban J connectivity index is 2.16. The van der Waals surface area contributed by atoms with Crippen LogP contribution in [0.1, 0.15) is 24.1 Å². The van der Waals surface area contributed by atoms with Gasteiger partial charge in [-0.2, -0.15) is 0 Å². The summed E-state index contributed by atoms with van der Waals surface area (Å²) in [4.78, 5) is 27.4. The number of sulfonamides is 1. The summed E-state index contributed by atoms with van der Waals surface area (Å²) in [6.07, 6.45) is 0. The van der Waals surface area contributed by atoms with Crippen LogP contribution in [0.3, 0.4) is 0 Å². The Labute approximate surface area is 210 Å². The third-order valence-corrected chi connectivity index (χ3v) is 7.62. The maximum Gasteiger partial charge on any atom is 0.295 e. The van der Waals surface area contributed by atoms with Crippen LogP contribution in [0.15, 0.2) is 52.9 Å². The topological polar surface area (TPSA) is 123 Å². The normalized spacial score (nSPS) is 17.6. The van der Waals surface area contributed by atoms with Crippen LogP contribution in [-0.2, 0) is 24.3 Å². The number of carbonyl (C=O) groups is 2. The molecule has 1 N–H and O–H groups in total. The number of benzene rings is 2. The Morgan fingerprint density at radius 2 is 1.72 bits per heavy atom. The molecule has 3 rings (SSSR count). The molecule has 11 heteroatoms. The van der Waals surface area contributed by atoms with E-state index in [9.17, 15) is 23.1 Å². The van der Waals surface area contributed by atoms with Gasteiger partial charge >= 0.3 is 0 Å². The molecule has 194 valence electrons. The summed E-state index contributed by atoms with van der Waals surface area (Å²) in [6.45, 7) is 2.54. The number of nitrogens with zero attached hydrogens (tertiary/aromatic N) is 2. The lowest BCUT2D eigenvalue weighted by atomic mass is 9.95. The summed E-state index contributed by atoms with van der Waals surface area (Å²) in [5.74, 6) is -1.15. The number of methoxy groups -OCH3 is 2. The minimum atomic E-state index is -3.68. The van der Waals surface area contributed by atoms with Crippen molar-refractivity contribution in [2.75, 3.05) is 48.1 Å². The fourth-order valence-electron chi connectivity index (χ4n) is 3.93. The molecule has 1 heterocycles. The zero-order chi connectivity index (χ0) is 26.6.